The molecular formula is C20H24F19N2O3+. The number of hydrogen-bond acceptors (Lipinski definition) is 3. The number of alkyl halides is 19. The third-order valence-corrected chi connectivity index (χ3v) is 6.17. The van der Waals surface area contributed by atoms with Gasteiger partial charge in [-0.2, -0.15) is 79.0 Å². The smallest absolute Gasteiger partial charge is 0.438 e. The lowest BCUT2D eigenvalue weighted by Crippen LogP contribution is -2.77. The fourth-order valence-corrected chi connectivity index (χ4v) is 3.46. The van der Waals surface area contributed by atoms with Gasteiger partial charge in [-0.1, -0.05) is 0 Å². The minimum absolute atomic E-state index is 0.0470. The Morgan fingerprint density at radius 1 is 0.659 bits per heavy atom. The first-order valence-electron chi connectivity index (χ1n) is 11.5. The Morgan fingerprint density at radius 2 is 1.05 bits per heavy atom. The molecule has 5 nitrogen and oxygen atoms in total. The molecule has 0 heterocycles. The van der Waals surface area contributed by atoms with Crippen LogP contribution in [-0.2, 0) is 4.79 Å². The van der Waals surface area contributed by atoms with E-state index in [1.807, 2.05) is 0 Å². The number of hydrogen-bond donors (Lipinski definition) is 3. The van der Waals surface area contributed by atoms with Gasteiger partial charge in [-0.05, 0) is 0 Å². The molecule has 0 aromatic heterocycles. The van der Waals surface area contributed by atoms with E-state index >= 15 is 0 Å². The number of aliphatic carboxylic acids is 1. The fraction of sp³-hybridized carbons (Fsp3) is 0.950. The maximum absolute atomic E-state index is 14.0. The minimum atomic E-state index is -9.08. The molecule has 0 aliphatic rings. The molecule has 0 amide bonds. The molecule has 1 unspecified atom stereocenters. The molecule has 264 valence electrons. The Morgan fingerprint density at radius 3 is 1.43 bits per heavy atom. The molecule has 0 radical (unpaired) electrons. The average molecular weight is 701 g/mol. The van der Waals surface area contributed by atoms with Crippen molar-refractivity contribution in [1.82, 2.24) is 5.32 Å². The van der Waals surface area contributed by atoms with Crippen LogP contribution in [0.1, 0.15) is 19.3 Å². The number of carbonyl (C=O) groups is 1. The van der Waals surface area contributed by atoms with Gasteiger partial charge in [0.1, 0.15) is 0 Å². The molecule has 0 rings (SSSR count). The lowest BCUT2D eigenvalue weighted by atomic mass is 9.83. The Hall–Kier alpha value is -1.98. The first-order valence-corrected chi connectivity index (χ1v) is 11.5. The second kappa shape index (κ2) is 12.7. The average Bonchev–Trinajstić information content (AvgIpc) is 2.79. The molecular weight excluding hydrogens is 677 g/mol. The molecule has 0 aliphatic carbocycles. The quantitative estimate of drug-likeness (QED) is 0.100. The number of quaternary nitrogens is 1. The molecule has 0 aromatic carbocycles. The van der Waals surface area contributed by atoms with Gasteiger partial charge < -0.3 is 20.0 Å². The molecule has 0 aromatic rings. The largest absolute Gasteiger partial charge is 0.481 e. The summed E-state index contributed by atoms with van der Waals surface area (Å²) in [6.45, 7) is -1.28. The van der Waals surface area contributed by atoms with Crippen molar-refractivity contribution in [3.8, 4) is 0 Å². The maximum Gasteiger partial charge on any atom is 0.438 e. The van der Waals surface area contributed by atoms with Crippen molar-refractivity contribution in [3.05, 3.63) is 0 Å². The van der Waals surface area contributed by atoms with E-state index in [2.05, 4.69) is 5.32 Å². The first kappa shape index (κ1) is 42.0. The minimum Gasteiger partial charge on any atom is -0.481 e. The number of rotatable bonds is 17. The molecule has 0 saturated carbocycles. The van der Waals surface area contributed by atoms with E-state index in [4.69, 9.17) is 5.11 Å². The van der Waals surface area contributed by atoms with Crippen LogP contribution in [0.25, 0.3) is 0 Å². The lowest BCUT2D eigenvalue weighted by Gasteiger charge is -2.45. The normalized spacial score (nSPS) is 16.3. The van der Waals surface area contributed by atoms with Gasteiger partial charge in [0.25, 0.3) is 0 Å². The summed E-state index contributed by atoms with van der Waals surface area (Å²) >= 11 is 0. The van der Waals surface area contributed by atoms with Gasteiger partial charge in [-0.15, -0.1) is 0 Å². The van der Waals surface area contributed by atoms with Gasteiger partial charge in [0, 0.05) is 25.9 Å². The highest BCUT2D eigenvalue weighted by Gasteiger charge is 2.98. The van der Waals surface area contributed by atoms with Crippen molar-refractivity contribution in [2.45, 2.75) is 78.9 Å². The van der Waals surface area contributed by atoms with Crippen LogP contribution < -0.4 is 5.32 Å². The Labute approximate surface area is 234 Å². The number of nitrogens with one attached hydrogen (secondary N) is 1. The Kier molecular flexibility index (Phi) is 12.1. The summed E-state index contributed by atoms with van der Waals surface area (Å²) in [5.41, 5.74) is -8.79. The lowest BCUT2D eigenvalue weighted by molar-refractivity contribution is -0.889. The van der Waals surface area contributed by atoms with Crippen LogP contribution >= 0.6 is 0 Å². The summed E-state index contributed by atoms with van der Waals surface area (Å²) in [6.07, 6.45) is -22.9. The predicted octanol–water partition coefficient (Wildman–Crippen LogP) is 5.91. The van der Waals surface area contributed by atoms with Gasteiger partial charge in [0.15, 0.2) is 0 Å². The van der Waals surface area contributed by atoms with E-state index in [1.54, 1.807) is 0 Å². The molecule has 0 fully saturated rings. The Bertz CT molecular complexity index is 964. The number of carboxylic acids is 1. The zero-order valence-electron chi connectivity index (χ0n) is 22.0. The van der Waals surface area contributed by atoms with Crippen LogP contribution in [0.15, 0.2) is 0 Å². The van der Waals surface area contributed by atoms with Crippen LogP contribution in [0.2, 0.25) is 0 Å². The van der Waals surface area contributed by atoms with Crippen molar-refractivity contribution in [3.63, 3.8) is 0 Å². The SMILES string of the molecule is C[N+](C)(CCCNCC(O)CC(F)(F)C(F)(F)C(F)(F)C(F)(F)C(F)(F)C(F)(F)C(F)(C(F)(F)F)C(F)(F)F)CCC(=O)O. The van der Waals surface area contributed by atoms with Crippen LogP contribution in [0.5, 0.6) is 0 Å². The summed E-state index contributed by atoms with van der Waals surface area (Å²) in [5, 5.41) is 20.2. The number of aliphatic hydroxyl groups excluding tert-OH is 1. The van der Waals surface area contributed by atoms with Crippen LogP contribution in [-0.4, -0.2) is 121 Å². The summed E-state index contributed by atoms with van der Waals surface area (Å²) in [6, 6.07) is 0. The van der Waals surface area contributed by atoms with Crippen molar-refractivity contribution in [2.24, 2.45) is 0 Å². The highest BCUT2D eigenvalue weighted by molar-refractivity contribution is 5.66. The molecule has 0 spiro atoms. The second-order valence-corrected chi connectivity index (χ2v) is 10.2. The molecule has 1 atom stereocenters. The molecule has 0 saturated heterocycles. The van der Waals surface area contributed by atoms with E-state index in [0.717, 1.165) is 0 Å². The summed E-state index contributed by atoms with van der Waals surface area (Å²) in [4.78, 5) is 10.6. The molecule has 3 N–H and O–H groups in total. The third-order valence-electron chi connectivity index (χ3n) is 6.17. The van der Waals surface area contributed by atoms with Crippen molar-refractivity contribution in [1.29, 1.82) is 0 Å². The summed E-state index contributed by atoms with van der Waals surface area (Å²) < 4.78 is 255. The van der Waals surface area contributed by atoms with Crippen LogP contribution in [0.3, 0.4) is 0 Å². The monoisotopic (exact) mass is 701 g/mol. The third kappa shape index (κ3) is 7.52. The van der Waals surface area contributed by atoms with E-state index < -0.39 is 78.6 Å². The van der Waals surface area contributed by atoms with Gasteiger partial charge in [0.05, 0.1) is 39.7 Å². The van der Waals surface area contributed by atoms with E-state index in [0.29, 0.717) is 0 Å². The van der Waals surface area contributed by atoms with E-state index in [9.17, 15) is 93.3 Å². The van der Waals surface area contributed by atoms with E-state index in [-0.39, 0.29) is 37.0 Å². The van der Waals surface area contributed by atoms with Crippen molar-refractivity contribution >= 4 is 5.97 Å². The van der Waals surface area contributed by atoms with Crippen LogP contribution in [0.4, 0.5) is 83.4 Å². The van der Waals surface area contributed by atoms with Gasteiger partial charge in [0.2, 0.25) is 0 Å². The molecule has 0 aliphatic heterocycles. The molecule has 0 bridgehead atoms. The number of aliphatic hydroxyl groups is 1. The van der Waals surface area contributed by atoms with Crippen molar-refractivity contribution in [2.75, 3.05) is 40.3 Å². The maximum atomic E-state index is 14.0. The van der Waals surface area contributed by atoms with E-state index in [1.165, 1.54) is 14.1 Å². The zero-order valence-corrected chi connectivity index (χ0v) is 22.0. The zero-order chi connectivity index (χ0) is 35.8. The highest BCUT2D eigenvalue weighted by atomic mass is 19.4. The first-order chi connectivity index (χ1) is 19.0. The molecule has 24 heteroatoms. The molecule has 44 heavy (non-hydrogen) atoms. The summed E-state index contributed by atoms with van der Waals surface area (Å²) in [7, 11) is 3.07. The van der Waals surface area contributed by atoms with Gasteiger partial charge >= 0.3 is 59.5 Å². The second-order valence-electron chi connectivity index (χ2n) is 10.2. The topological polar surface area (TPSA) is 69.6 Å². The number of carboxylic acid groups (broad SMARTS) is 1. The fourth-order valence-electron chi connectivity index (χ4n) is 3.46. The number of nitrogens with zero attached hydrogens (tertiary/aromatic N) is 1. The van der Waals surface area contributed by atoms with Crippen molar-refractivity contribution < 1.29 is 103 Å². The predicted molar refractivity (Wildman–Crippen MR) is 108 cm³/mol. The Balaban J connectivity index is 6.02. The van der Waals surface area contributed by atoms with Crippen LogP contribution in [0, 0.1) is 0 Å². The number of halogens is 19. The van der Waals surface area contributed by atoms with Gasteiger partial charge in [-0.25, -0.2) is 4.39 Å². The highest BCUT2D eigenvalue weighted by Crippen LogP contribution is 2.66. The standard InChI is InChI=1S/C20H23F19N2O3/c1-41(2,7-4-11(43)44)6-3-5-40-9-10(42)8-12(21,22)14(24,25)16(28,29)18(32,33)17(30,31)15(26,27)13(23,19(34,35)36)20(37,38)39/h10,40,42H,3-9H2,1-2H3/p+1. The summed E-state index contributed by atoms with van der Waals surface area (Å²) in [5.74, 6) is -51.7. The van der Waals surface area contributed by atoms with Gasteiger partial charge in [-0.3, -0.25) is 4.79 Å².